The van der Waals surface area contributed by atoms with Gasteiger partial charge in [0.2, 0.25) is 5.91 Å². The van der Waals surface area contributed by atoms with E-state index in [1.807, 2.05) is 46.3 Å². The first-order valence-electron chi connectivity index (χ1n) is 7.35. The lowest BCUT2D eigenvalue weighted by atomic mass is 10.2. The Morgan fingerprint density at radius 2 is 2.12 bits per heavy atom. The molecule has 0 aliphatic carbocycles. The van der Waals surface area contributed by atoms with Crippen LogP contribution in [0.25, 0.3) is 22.3 Å². The van der Waals surface area contributed by atoms with E-state index in [9.17, 15) is 4.79 Å². The highest BCUT2D eigenvalue weighted by molar-refractivity contribution is 7.14. The van der Waals surface area contributed by atoms with E-state index in [0.29, 0.717) is 5.13 Å². The molecule has 0 spiro atoms. The number of hydrogen-bond donors (Lipinski definition) is 1. The predicted molar refractivity (Wildman–Crippen MR) is 93.7 cm³/mol. The van der Waals surface area contributed by atoms with Crippen molar-refractivity contribution in [3.63, 3.8) is 0 Å². The zero-order chi connectivity index (χ0) is 16.4. The number of thiazole rings is 1. The average molecular weight is 335 g/mol. The lowest BCUT2D eigenvalue weighted by Crippen LogP contribution is -2.18. The molecule has 0 bridgehead atoms. The van der Waals surface area contributed by atoms with Gasteiger partial charge in [-0.05, 0) is 24.3 Å². The number of nitrogens with one attached hydrogen (secondary N) is 1. The van der Waals surface area contributed by atoms with Gasteiger partial charge in [-0.2, -0.15) is 0 Å². The molecule has 0 atom stereocenters. The van der Waals surface area contributed by atoms with E-state index in [1.54, 1.807) is 18.7 Å². The minimum absolute atomic E-state index is 0.134. The van der Waals surface area contributed by atoms with Crippen LogP contribution < -0.4 is 5.32 Å². The number of aromatic nitrogens is 4. The summed E-state index contributed by atoms with van der Waals surface area (Å²) in [6.07, 6.45) is 5.14. The van der Waals surface area contributed by atoms with Crippen molar-refractivity contribution in [2.75, 3.05) is 5.32 Å². The van der Waals surface area contributed by atoms with E-state index < -0.39 is 0 Å². The lowest BCUT2D eigenvalue weighted by Gasteiger charge is -2.04. The summed E-state index contributed by atoms with van der Waals surface area (Å²) in [7, 11) is 0. The predicted octanol–water partition coefficient (Wildman–Crippen LogP) is 3.19. The maximum Gasteiger partial charge on any atom is 0.246 e. The Bertz CT molecular complexity index is 992. The van der Waals surface area contributed by atoms with Crippen LogP contribution in [0.1, 0.15) is 0 Å². The lowest BCUT2D eigenvalue weighted by molar-refractivity contribution is -0.116. The van der Waals surface area contributed by atoms with Gasteiger partial charge in [-0.3, -0.25) is 9.78 Å². The first-order chi connectivity index (χ1) is 11.8. The molecule has 1 aromatic carbocycles. The topological polar surface area (TPSA) is 72.7 Å². The van der Waals surface area contributed by atoms with E-state index in [4.69, 9.17) is 0 Å². The summed E-state index contributed by atoms with van der Waals surface area (Å²) in [6.45, 7) is 0.197. The van der Waals surface area contributed by atoms with Gasteiger partial charge in [0.25, 0.3) is 0 Å². The second-order valence-corrected chi connectivity index (χ2v) is 6.05. The zero-order valence-electron chi connectivity index (χ0n) is 12.6. The molecule has 1 N–H and O–H groups in total. The summed E-state index contributed by atoms with van der Waals surface area (Å²) >= 11 is 1.39. The molecule has 0 unspecified atom stereocenters. The summed E-state index contributed by atoms with van der Waals surface area (Å²) in [5.41, 5.74) is 3.53. The largest absolute Gasteiger partial charge is 0.321 e. The number of carbonyl (C=O) groups is 1. The number of anilines is 1. The molecule has 0 radical (unpaired) electrons. The number of benzene rings is 1. The Morgan fingerprint density at radius 3 is 3.00 bits per heavy atom. The SMILES string of the molecule is O=C(Cn1cnc2ccccc21)Nc1nc(-c2cccnc2)cs1. The number of carbonyl (C=O) groups excluding carboxylic acids is 1. The molecule has 6 nitrogen and oxygen atoms in total. The van der Waals surface area contributed by atoms with Gasteiger partial charge < -0.3 is 9.88 Å². The first kappa shape index (κ1) is 14.5. The second-order valence-electron chi connectivity index (χ2n) is 5.19. The molecule has 24 heavy (non-hydrogen) atoms. The number of nitrogens with zero attached hydrogens (tertiary/aromatic N) is 4. The maximum atomic E-state index is 12.3. The van der Waals surface area contributed by atoms with Crippen LogP contribution in [0, 0.1) is 0 Å². The molecule has 0 saturated heterocycles. The molecular weight excluding hydrogens is 322 g/mol. The van der Waals surface area contributed by atoms with E-state index in [0.717, 1.165) is 22.3 Å². The van der Waals surface area contributed by atoms with Gasteiger partial charge >= 0.3 is 0 Å². The van der Waals surface area contributed by atoms with E-state index in [-0.39, 0.29) is 12.5 Å². The van der Waals surface area contributed by atoms with Crippen molar-refractivity contribution in [2.45, 2.75) is 6.54 Å². The Balaban J connectivity index is 1.48. The van der Waals surface area contributed by atoms with Crippen molar-refractivity contribution in [1.82, 2.24) is 19.5 Å². The molecule has 7 heteroatoms. The van der Waals surface area contributed by atoms with Crippen LogP contribution in [0.2, 0.25) is 0 Å². The number of para-hydroxylation sites is 2. The van der Waals surface area contributed by atoms with Crippen LogP contribution in [-0.4, -0.2) is 25.4 Å². The third-order valence-electron chi connectivity index (χ3n) is 3.55. The summed E-state index contributed by atoms with van der Waals surface area (Å²) in [5.74, 6) is -0.134. The van der Waals surface area contributed by atoms with E-state index in [2.05, 4.69) is 20.3 Å². The van der Waals surface area contributed by atoms with Gasteiger partial charge in [-0.25, -0.2) is 9.97 Å². The Hall–Kier alpha value is -3.06. The third-order valence-corrected chi connectivity index (χ3v) is 4.31. The number of fused-ring (bicyclic) bond motifs is 1. The van der Waals surface area contributed by atoms with Crippen molar-refractivity contribution in [2.24, 2.45) is 0 Å². The highest BCUT2D eigenvalue weighted by atomic mass is 32.1. The fourth-order valence-corrected chi connectivity index (χ4v) is 3.16. The Kier molecular flexibility index (Phi) is 3.76. The van der Waals surface area contributed by atoms with E-state index in [1.165, 1.54) is 11.3 Å². The van der Waals surface area contributed by atoms with Crippen molar-refractivity contribution in [3.05, 3.63) is 60.5 Å². The van der Waals surface area contributed by atoms with Crippen molar-refractivity contribution in [1.29, 1.82) is 0 Å². The van der Waals surface area contributed by atoms with E-state index >= 15 is 0 Å². The van der Waals surface area contributed by atoms with Gasteiger partial charge in [0, 0.05) is 23.3 Å². The third kappa shape index (κ3) is 2.89. The Labute approximate surface area is 141 Å². The average Bonchev–Trinajstić information content (AvgIpc) is 3.23. The van der Waals surface area contributed by atoms with Crippen molar-refractivity contribution in [3.8, 4) is 11.3 Å². The Morgan fingerprint density at radius 1 is 1.21 bits per heavy atom. The van der Waals surface area contributed by atoms with Crippen LogP contribution in [0.4, 0.5) is 5.13 Å². The fourth-order valence-electron chi connectivity index (χ4n) is 2.43. The smallest absolute Gasteiger partial charge is 0.246 e. The molecule has 0 aliphatic rings. The van der Waals surface area contributed by atoms with Crippen LogP contribution in [0.15, 0.2) is 60.5 Å². The fraction of sp³-hybridized carbons (Fsp3) is 0.0588. The summed E-state index contributed by atoms with van der Waals surface area (Å²) < 4.78 is 1.82. The van der Waals surface area contributed by atoms with Gasteiger partial charge in [-0.15, -0.1) is 11.3 Å². The van der Waals surface area contributed by atoms with Crippen LogP contribution in [0.3, 0.4) is 0 Å². The molecule has 118 valence electrons. The monoisotopic (exact) mass is 335 g/mol. The minimum atomic E-state index is -0.134. The van der Waals surface area contributed by atoms with Crippen molar-refractivity contribution < 1.29 is 4.79 Å². The second kappa shape index (κ2) is 6.21. The normalized spacial score (nSPS) is 10.8. The minimum Gasteiger partial charge on any atom is -0.321 e. The molecule has 0 fully saturated rings. The van der Waals surface area contributed by atoms with Gasteiger partial charge in [0.15, 0.2) is 5.13 Å². The molecule has 4 rings (SSSR count). The molecule has 3 heterocycles. The number of imidazole rings is 1. The molecule has 3 aromatic heterocycles. The van der Waals surface area contributed by atoms with Gasteiger partial charge in [0.1, 0.15) is 6.54 Å². The molecule has 4 aromatic rings. The zero-order valence-corrected chi connectivity index (χ0v) is 13.4. The summed E-state index contributed by atoms with van der Waals surface area (Å²) in [4.78, 5) is 25.1. The highest BCUT2D eigenvalue weighted by Crippen LogP contribution is 2.24. The van der Waals surface area contributed by atoms with Crippen LogP contribution >= 0.6 is 11.3 Å². The number of amides is 1. The number of rotatable bonds is 4. The maximum absolute atomic E-state index is 12.3. The van der Waals surface area contributed by atoms with Gasteiger partial charge in [0.05, 0.1) is 23.1 Å². The van der Waals surface area contributed by atoms with Gasteiger partial charge in [-0.1, -0.05) is 12.1 Å². The van der Waals surface area contributed by atoms with Crippen LogP contribution in [0.5, 0.6) is 0 Å². The number of pyridine rings is 1. The summed E-state index contributed by atoms with van der Waals surface area (Å²) in [5, 5.41) is 5.31. The molecular formula is C17H13N5OS. The summed E-state index contributed by atoms with van der Waals surface area (Å²) in [6, 6.07) is 11.5. The quantitative estimate of drug-likeness (QED) is 0.621. The first-order valence-corrected chi connectivity index (χ1v) is 8.23. The molecule has 1 amide bonds. The van der Waals surface area contributed by atoms with Crippen molar-refractivity contribution >= 4 is 33.4 Å². The molecule has 0 aliphatic heterocycles. The standard InChI is InChI=1S/C17H13N5OS/c23-16(9-22-11-19-13-5-1-2-6-15(13)22)21-17-20-14(10-24-17)12-4-3-7-18-8-12/h1-8,10-11H,9H2,(H,20,21,23). The number of hydrogen-bond acceptors (Lipinski definition) is 5. The molecule has 0 saturated carbocycles. The van der Waals surface area contributed by atoms with Crippen LogP contribution in [-0.2, 0) is 11.3 Å². The highest BCUT2D eigenvalue weighted by Gasteiger charge is 2.10.